The number of aromatic nitrogens is 2. The molecule has 0 aliphatic carbocycles. The lowest BCUT2D eigenvalue weighted by atomic mass is 10.0. The number of ether oxygens (including phenoxy) is 3. The minimum atomic E-state index is 0.398. The van der Waals surface area contributed by atoms with Crippen LogP contribution in [0, 0.1) is 25.7 Å². The molecule has 1 aromatic heterocycles. The highest BCUT2D eigenvalue weighted by Crippen LogP contribution is 2.33. The van der Waals surface area contributed by atoms with Crippen molar-refractivity contribution in [3.8, 4) is 40.2 Å². The zero-order valence-corrected chi connectivity index (χ0v) is 40.1. The average Bonchev–Trinajstić information content (AvgIpc) is 3.79. The third-order valence-corrected chi connectivity index (χ3v) is 11.8. The lowest BCUT2D eigenvalue weighted by molar-refractivity contribution is 0.231. The van der Waals surface area contributed by atoms with E-state index >= 15 is 0 Å². The van der Waals surface area contributed by atoms with Crippen LogP contribution in [0.1, 0.15) is 131 Å². The molecule has 0 amide bonds. The van der Waals surface area contributed by atoms with E-state index < -0.39 is 0 Å². The number of hydrogen-bond donors (Lipinski definition) is 0. The van der Waals surface area contributed by atoms with Gasteiger partial charge < -0.3 is 18.6 Å². The maximum Gasteiger partial charge on any atom is 0.248 e. The highest BCUT2D eigenvalue weighted by atomic mass is 35.5. The quantitative estimate of drug-likeness (QED) is 0.0575. The van der Waals surface area contributed by atoms with Gasteiger partial charge in [0.15, 0.2) is 0 Å². The molecule has 0 bridgehead atoms. The summed E-state index contributed by atoms with van der Waals surface area (Å²) in [7, 11) is 1.64. The third-order valence-electron chi connectivity index (χ3n) is 11.3. The fourth-order valence-electron chi connectivity index (χ4n) is 7.17. The molecule has 4 aromatic carbocycles. The lowest BCUT2D eigenvalue weighted by Crippen LogP contribution is -2.12. The van der Waals surface area contributed by atoms with E-state index in [2.05, 4.69) is 131 Å². The van der Waals surface area contributed by atoms with Crippen molar-refractivity contribution in [2.75, 3.05) is 20.3 Å². The monoisotopic (exact) mass is 880 g/mol. The minimum absolute atomic E-state index is 0.398. The van der Waals surface area contributed by atoms with Gasteiger partial charge in [-0.15, -0.1) is 33.4 Å². The van der Waals surface area contributed by atoms with Crippen molar-refractivity contribution in [3.63, 3.8) is 0 Å². The van der Waals surface area contributed by atoms with Crippen molar-refractivity contribution in [1.29, 1.82) is 0 Å². The van der Waals surface area contributed by atoms with E-state index in [4.69, 9.17) is 41.8 Å². The van der Waals surface area contributed by atoms with Crippen molar-refractivity contribution >= 4 is 35.4 Å². The molecule has 62 heavy (non-hydrogen) atoms. The van der Waals surface area contributed by atoms with Crippen molar-refractivity contribution in [2.45, 2.75) is 124 Å². The Hall–Kier alpha value is -4.52. The fourth-order valence-corrected chi connectivity index (χ4v) is 7.59. The van der Waals surface area contributed by atoms with E-state index in [0.717, 1.165) is 95.1 Å². The minimum Gasteiger partial charge on any atom is -0.496 e. The normalized spacial score (nSPS) is 12.4. The van der Waals surface area contributed by atoms with Gasteiger partial charge in [0.25, 0.3) is 0 Å². The molecule has 0 aliphatic rings. The molecule has 0 radical (unpaired) electrons. The second kappa shape index (κ2) is 27.5. The Labute approximate surface area is 383 Å². The number of aryl methyl sites for hydroxylation is 3. The van der Waals surface area contributed by atoms with Gasteiger partial charge in [-0.1, -0.05) is 138 Å². The van der Waals surface area contributed by atoms with Crippen LogP contribution in [-0.2, 0) is 18.2 Å². The van der Waals surface area contributed by atoms with Crippen molar-refractivity contribution in [2.24, 2.45) is 11.8 Å². The summed E-state index contributed by atoms with van der Waals surface area (Å²) in [5, 5.41) is 8.69. The van der Waals surface area contributed by atoms with Crippen LogP contribution >= 0.6 is 23.2 Å². The summed E-state index contributed by atoms with van der Waals surface area (Å²) in [6.07, 6.45) is 20.2. The second-order valence-corrected chi connectivity index (χ2v) is 16.7. The first kappa shape index (κ1) is 50.1. The molecular formula is C54H70Cl2N2O4. The first-order valence-electron chi connectivity index (χ1n) is 22.7. The predicted octanol–water partition coefficient (Wildman–Crippen LogP) is 16.1. The Balaban J connectivity index is 0.000000339. The molecule has 8 heteroatoms. The second-order valence-electron chi connectivity index (χ2n) is 16.2. The zero-order chi connectivity index (χ0) is 44.7. The Kier molecular flexibility index (Phi) is 22.3. The van der Waals surface area contributed by atoms with E-state index in [-0.39, 0.29) is 0 Å². The Morgan fingerprint density at radius 1 is 0.661 bits per heavy atom. The van der Waals surface area contributed by atoms with Gasteiger partial charge in [0.05, 0.1) is 32.1 Å². The summed E-state index contributed by atoms with van der Waals surface area (Å²) in [6, 6.07) is 25.0. The number of rotatable bonds is 24. The highest BCUT2D eigenvalue weighted by Gasteiger charge is 2.16. The van der Waals surface area contributed by atoms with E-state index in [1.807, 2.05) is 24.3 Å². The Morgan fingerprint density at radius 3 is 1.87 bits per heavy atom. The molecule has 2 unspecified atom stereocenters. The molecule has 2 atom stereocenters. The Bertz CT molecular complexity index is 2120. The number of benzene rings is 4. The van der Waals surface area contributed by atoms with E-state index in [9.17, 15) is 0 Å². The van der Waals surface area contributed by atoms with Gasteiger partial charge in [0.2, 0.25) is 11.8 Å². The molecule has 0 saturated carbocycles. The van der Waals surface area contributed by atoms with Crippen LogP contribution in [0.15, 0.2) is 89.4 Å². The smallest absolute Gasteiger partial charge is 0.248 e. The summed E-state index contributed by atoms with van der Waals surface area (Å²) in [5.74, 6) is 5.66. The van der Waals surface area contributed by atoms with Gasteiger partial charge in [0, 0.05) is 27.8 Å². The van der Waals surface area contributed by atoms with Gasteiger partial charge >= 0.3 is 0 Å². The molecule has 0 saturated heterocycles. The van der Waals surface area contributed by atoms with E-state index in [1.54, 1.807) is 7.11 Å². The summed E-state index contributed by atoms with van der Waals surface area (Å²) in [5.41, 5.74) is 9.61. The summed E-state index contributed by atoms with van der Waals surface area (Å²) >= 11 is 12.0. The number of allylic oxidation sites excluding steroid dienone is 2. The predicted molar refractivity (Wildman–Crippen MR) is 263 cm³/mol. The first-order chi connectivity index (χ1) is 30.2. The third kappa shape index (κ3) is 15.7. The molecule has 0 N–H and O–H groups in total. The number of hydrogen-bond acceptors (Lipinski definition) is 6. The number of nitrogens with zero attached hydrogens (tertiary/aromatic N) is 2. The number of alkyl halides is 2. The molecular weight excluding hydrogens is 812 g/mol. The van der Waals surface area contributed by atoms with Gasteiger partial charge in [0.1, 0.15) is 17.2 Å². The molecule has 5 rings (SSSR count). The molecule has 6 nitrogen and oxygen atoms in total. The number of unbranched alkanes of at least 4 members (excludes halogenated alkanes) is 2. The van der Waals surface area contributed by atoms with Crippen LogP contribution < -0.4 is 14.2 Å². The van der Waals surface area contributed by atoms with Gasteiger partial charge in [-0.25, -0.2) is 0 Å². The van der Waals surface area contributed by atoms with Crippen LogP contribution in [0.5, 0.6) is 17.2 Å². The van der Waals surface area contributed by atoms with E-state index in [0.29, 0.717) is 35.4 Å². The van der Waals surface area contributed by atoms with Crippen molar-refractivity contribution < 1.29 is 18.6 Å². The fraction of sp³-hybridized carbons (Fsp3) is 0.444. The topological polar surface area (TPSA) is 66.6 Å². The van der Waals surface area contributed by atoms with Crippen molar-refractivity contribution in [1.82, 2.24) is 10.2 Å². The van der Waals surface area contributed by atoms with Crippen molar-refractivity contribution in [3.05, 3.63) is 124 Å². The summed E-state index contributed by atoms with van der Waals surface area (Å²) in [6.45, 7) is 16.7. The van der Waals surface area contributed by atoms with Crippen LogP contribution in [0.2, 0.25) is 0 Å². The molecule has 334 valence electrons. The maximum absolute atomic E-state index is 6.38. The number of methoxy groups -OCH3 is 1. The van der Waals surface area contributed by atoms with Crippen LogP contribution in [0.3, 0.4) is 0 Å². The van der Waals surface area contributed by atoms with Crippen LogP contribution in [0.25, 0.3) is 35.1 Å². The van der Waals surface area contributed by atoms with E-state index in [1.165, 1.54) is 49.7 Å². The standard InChI is InChI=1S/C37H44N2O2.C17H26Cl2O2/c1-6-9-13-29(8-3)26-40-35-25-30(19-23-32(35)12-7-2)14-10-11-15-31-20-18-28(5)24-34(31)37-39-38-36(41-37)33-21-16-27(4)17-22-33;1-4-6-7-13(5-2)12-21-17-9-14(10-18)16(20-3)8-15(17)11-19/h7,11-12,15-25,29H,6,8-10,13-14,26H2,1-5H3;8-9,13H,4-7,10-12H2,1-3H3/b12-7+,15-11+;. The SMILES string of the molecule is C/C=C/c1ccc(CC/C=C/c2ccc(C)cc2-c2nnc(-c3ccc(C)cc3)o2)cc1OCC(CC)CCCC.CCCCC(CC)COc1cc(CCl)c(OC)cc1CCl. The van der Waals surface area contributed by atoms with Gasteiger partial charge in [-0.3, -0.25) is 0 Å². The summed E-state index contributed by atoms with van der Waals surface area (Å²) < 4.78 is 23.8. The molecule has 0 fully saturated rings. The largest absolute Gasteiger partial charge is 0.496 e. The zero-order valence-electron chi connectivity index (χ0n) is 38.6. The molecule has 0 aliphatic heterocycles. The van der Waals surface area contributed by atoms with Crippen LogP contribution in [0.4, 0.5) is 0 Å². The van der Waals surface area contributed by atoms with Crippen LogP contribution in [-0.4, -0.2) is 30.5 Å². The summed E-state index contributed by atoms with van der Waals surface area (Å²) in [4.78, 5) is 0. The highest BCUT2D eigenvalue weighted by molar-refractivity contribution is 6.18. The van der Waals surface area contributed by atoms with Gasteiger partial charge in [-0.05, 0) is 106 Å². The number of halogens is 2. The maximum atomic E-state index is 6.38. The Morgan fingerprint density at radius 2 is 1.26 bits per heavy atom. The molecule has 1 heterocycles. The molecule has 0 spiro atoms. The first-order valence-corrected chi connectivity index (χ1v) is 23.8. The van der Waals surface area contributed by atoms with Gasteiger partial charge in [-0.2, -0.15) is 0 Å². The lowest BCUT2D eigenvalue weighted by Gasteiger charge is -2.18. The average molecular weight is 882 g/mol. The molecule has 5 aromatic rings.